The zero-order valence-corrected chi connectivity index (χ0v) is 18.2. The summed E-state index contributed by atoms with van der Waals surface area (Å²) in [6.07, 6.45) is 5.62. The number of likely N-dealkylation sites (tertiary alicyclic amines) is 1. The van der Waals surface area contributed by atoms with Crippen LogP contribution >= 0.6 is 0 Å². The Bertz CT molecular complexity index is 1340. The molecule has 1 amide bonds. The molecule has 2 aliphatic heterocycles. The van der Waals surface area contributed by atoms with E-state index in [0.29, 0.717) is 13.2 Å². The third-order valence-electron chi connectivity index (χ3n) is 6.56. The summed E-state index contributed by atoms with van der Waals surface area (Å²) >= 11 is 0. The molecule has 33 heavy (non-hydrogen) atoms. The first-order chi connectivity index (χ1) is 16.3. The van der Waals surface area contributed by atoms with Gasteiger partial charge in [0.2, 0.25) is 0 Å². The van der Waals surface area contributed by atoms with Gasteiger partial charge in [0.05, 0.1) is 6.04 Å². The molecule has 1 aromatic heterocycles. The highest BCUT2D eigenvalue weighted by Crippen LogP contribution is 2.38. The van der Waals surface area contributed by atoms with E-state index in [1.165, 1.54) is 0 Å². The molecular weight excluding hydrogens is 412 g/mol. The third-order valence-corrected chi connectivity index (χ3v) is 6.56. The number of pyridine rings is 1. The van der Waals surface area contributed by atoms with Gasteiger partial charge in [-0.25, -0.2) is 0 Å². The highest BCUT2D eigenvalue weighted by atomic mass is 16.6. The first kappa shape index (κ1) is 19.8. The number of fused-ring (bicyclic) bond motifs is 2. The Morgan fingerprint density at radius 2 is 1.85 bits per heavy atom. The molecule has 1 saturated heterocycles. The molecule has 3 aromatic carbocycles. The summed E-state index contributed by atoms with van der Waals surface area (Å²) in [6.45, 7) is 1.91. The minimum absolute atomic E-state index is 0.0768. The van der Waals surface area contributed by atoms with Crippen LogP contribution in [0.25, 0.3) is 21.9 Å². The van der Waals surface area contributed by atoms with E-state index in [1.54, 1.807) is 6.20 Å². The van der Waals surface area contributed by atoms with E-state index in [1.807, 2.05) is 47.5 Å². The van der Waals surface area contributed by atoms with Crippen LogP contribution in [0.2, 0.25) is 0 Å². The summed E-state index contributed by atoms with van der Waals surface area (Å²) < 4.78 is 11.4. The van der Waals surface area contributed by atoms with Crippen molar-refractivity contribution in [1.82, 2.24) is 9.88 Å². The predicted octanol–water partition coefficient (Wildman–Crippen LogP) is 5.65. The molecule has 2 aliphatic rings. The number of carbonyl (C=O) groups excluding carboxylic acids is 1. The normalized spacial score (nSPS) is 17.3. The monoisotopic (exact) mass is 436 g/mol. The predicted molar refractivity (Wildman–Crippen MR) is 128 cm³/mol. The number of hydrogen-bond acceptors (Lipinski definition) is 4. The molecule has 164 valence electrons. The van der Waals surface area contributed by atoms with Crippen molar-refractivity contribution in [2.24, 2.45) is 0 Å². The lowest BCUT2D eigenvalue weighted by molar-refractivity contribution is 0.0735. The van der Waals surface area contributed by atoms with Crippen LogP contribution in [-0.4, -0.2) is 35.5 Å². The maximum absolute atomic E-state index is 13.5. The summed E-state index contributed by atoms with van der Waals surface area (Å²) in [7, 11) is 0. The number of amides is 1. The fraction of sp³-hybridized carbons (Fsp3) is 0.214. The van der Waals surface area contributed by atoms with Crippen molar-refractivity contribution in [2.45, 2.75) is 18.9 Å². The summed E-state index contributed by atoms with van der Waals surface area (Å²) in [5, 5.41) is 2.15. The van der Waals surface area contributed by atoms with Crippen LogP contribution in [-0.2, 0) is 0 Å². The smallest absolute Gasteiger partial charge is 0.254 e. The van der Waals surface area contributed by atoms with Crippen molar-refractivity contribution in [2.75, 3.05) is 19.8 Å². The molecule has 1 unspecified atom stereocenters. The lowest BCUT2D eigenvalue weighted by atomic mass is 9.96. The van der Waals surface area contributed by atoms with Crippen LogP contribution < -0.4 is 9.47 Å². The second-order valence-corrected chi connectivity index (χ2v) is 8.54. The second-order valence-electron chi connectivity index (χ2n) is 8.54. The summed E-state index contributed by atoms with van der Waals surface area (Å²) in [6, 6.07) is 22.4. The summed E-state index contributed by atoms with van der Waals surface area (Å²) in [5.74, 6) is 1.64. The number of benzene rings is 3. The van der Waals surface area contributed by atoms with Crippen molar-refractivity contribution in [3.8, 4) is 22.6 Å². The topological polar surface area (TPSA) is 51.7 Å². The third kappa shape index (κ3) is 3.59. The second kappa shape index (κ2) is 8.24. The van der Waals surface area contributed by atoms with Gasteiger partial charge in [0.15, 0.2) is 11.5 Å². The zero-order chi connectivity index (χ0) is 22.2. The van der Waals surface area contributed by atoms with E-state index < -0.39 is 0 Å². The van der Waals surface area contributed by atoms with Gasteiger partial charge in [0.25, 0.3) is 5.91 Å². The van der Waals surface area contributed by atoms with Crippen LogP contribution in [0, 0.1) is 0 Å². The SMILES string of the molecule is O=C(c1ccc2c(-c3ccc4c(c3)OCCO4)cccc2c1)N1CCCC1c1cccnc1. The van der Waals surface area contributed by atoms with Gasteiger partial charge in [-0.15, -0.1) is 0 Å². The molecule has 6 rings (SSSR count). The average molecular weight is 437 g/mol. The van der Waals surface area contributed by atoms with E-state index in [0.717, 1.165) is 63.9 Å². The Kier molecular flexibility index (Phi) is 4.95. The van der Waals surface area contributed by atoms with Crippen molar-refractivity contribution < 1.29 is 14.3 Å². The molecule has 3 heterocycles. The van der Waals surface area contributed by atoms with E-state index in [4.69, 9.17) is 9.47 Å². The number of hydrogen-bond donors (Lipinski definition) is 0. The molecule has 0 N–H and O–H groups in total. The molecule has 4 aromatic rings. The van der Waals surface area contributed by atoms with Crippen LogP contribution in [0.15, 0.2) is 79.1 Å². The summed E-state index contributed by atoms with van der Waals surface area (Å²) in [5.41, 5.74) is 4.00. The lowest BCUT2D eigenvalue weighted by Crippen LogP contribution is -2.30. The number of aromatic nitrogens is 1. The van der Waals surface area contributed by atoms with Gasteiger partial charge in [0, 0.05) is 24.5 Å². The number of carbonyl (C=O) groups is 1. The maximum Gasteiger partial charge on any atom is 0.254 e. The van der Waals surface area contributed by atoms with E-state index in [9.17, 15) is 4.79 Å². The fourth-order valence-corrected chi connectivity index (χ4v) is 4.97. The quantitative estimate of drug-likeness (QED) is 0.416. The molecule has 5 nitrogen and oxygen atoms in total. The molecular formula is C28H24N2O3. The summed E-state index contributed by atoms with van der Waals surface area (Å²) in [4.78, 5) is 19.7. The van der Waals surface area contributed by atoms with Gasteiger partial charge < -0.3 is 14.4 Å². The minimum atomic E-state index is 0.0768. The first-order valence-corrected chi connectivity index (χ1v) is 11.4. The van der Waals surface area contributed by atoms with Crippen molar-refractivity contribution in [3.05, 3.63) is 90.3 Å². The molecule has 5 heteroatoms. The van der Waals surface area contributed by atoms with E-state index in [2.05, 4.69) is 35.3 Å². The van der Waals surface area contributed by atoms with E-state index >= 15 is 0 Å². The molecule has 0 spiro atoms. The van der Waals surface area contributed by atoms with Gasteiger partial charge in [-0.05, 0) is 70.6 Å². The standard InChI is InChI=1S/C28H24N2O3/c31-28(30-13-3-7-25(30)22-5-2-12-29-18-22)21-8-10-24-19(16-21)4-1-6-23(24)20-9-11-26-27(17-20)33-15-14-32-26/h1-2,4-6,8-12,16-18,25H,3,7,13-15H2. The zero-order valence-electron chi connectivity index (χ0n) is 18.2. The molecule has 0 bridgehead atoms. The Morgan fingerprint density at radius 3 is 2.73 bits per heavy atom. The van der Waals surface area contributed by atoms with Crippen LogP contribution in [0.4, 0.5) is 0 Å². The van der Waals surface area contributed by atoms with Gasteiger partial charge in [-0.1, -0.05) is 36.4 Å². The maximum atomic E-state index is 13.5. The van der Waals surface area contributed by atoms with Gasteiger partial charge in [-0.2, -0.15) is 0 Å². The van der Waals surface area contributed by atoms with Crippen LogP contribution in [0.3, 0.4) is 0 Å². The van der Waals surface area contributed by atoms with E-state index in [-0.39, 0.29) is 11.9 Å². The van der Waals surface area contributed by atoms with Crippen molar-refractivity contribution >= 4 is 16.7 Å². The number of ether oxygens (including phenoxy) is 2. The Morgan fingerprint density at radius 1 is 0.939 bits per heavy atom. The van der Waals surface area contributed by atoms with Gasteiger partial charge >= 0.3 is 0 Å². The molecule has 0 radical (unpaired) electrons. The van der Waals surface area contributed by atoms with Gasteiger partial charge in [0.1, 0.15) is 13.2 Å². The largest absolute Gasteiger partial charge is 0.486 e. The number of rotatable bonds is 3. The lowest BCUT2D eigenvalue weighted by Gasteiger charge is -2.25. The fourth-order valence-electron chi connectivity index (χ4n) is 4.97. The van der Waals surface area contributed by atoms with Gasteiger partial charge in [-0.3, -0.25) is 9.78 Å². The molecule has 0 saturated carbocycles. The van der Waals surface area contributed by atoms with Crippen LogP contribution in [0.1, 0.15) is 34.8 Å². The Labute approximate surface area is 192 Å². The highest BCUT2D eigenvalue weighted by molar-refractivity contribution is 6.03. The van der Waals surface area contributed by atoms with Crippen molar-refractivity contribution in [3.63, 3.8) is 0 Å². The molecule has 0 aliphatic carbocycles. The Balaban J connectivity index is 1.34. The average Bonchev–Trinajstić information content (AvgIpc) is 3.38. The Hall–Kier alpha value is -3.86. The molecule has 1 fully saturated rings. The van der Waals surface area contributed by atoms with Crippen molar-refractivity contribution in [1.29, 1.82) is 0 Å². The van der Waals surface area contributed by atoms with Crippen LogP contribution in [0.5, 0.6) is 11.5 Å². The highest BCUT2D eigenvalue weighted by Gasteiger charge is 2.30. The first-order valence-electron chi connectivity index (χ1n) is 11.4. The minimum Gasteiger partial charge on any atom is -0.486 e. The number of nitrogens with zero attached hydrogens (tertiary/aromatic N) is 2. The molecule has 1 atom stereocenters.